The third-order valence-corrected chi connectivity index (χ3v) is 3.04. The van der Waals surface area contributed by atoms with Crippen LogP contribution in [0.4, 0.5) is 0 Å². The molecular formula is C15H25NO. The Bertz CT molecular complexity index is 367. The highest BCUT2D eigenvalue weighted by Gasteiger charge is 2.18. The van der Waals surface area contributed by atoms with Gasteiger partial charge in [-0.15, -0.1) is 0 Å². The molecule has 1 atom stereocenters. The molecule has 96 valence electrons. The molecule has 1 aromatic rings. The molecule has 2 nitrogen and oxygen atoms in total. The van der Waals surface area contributed by atoms with Crippen LogP contribution in [0.3, 0.4) is 0 Å². The first kappa shape index (κ1) is 14.2. The van der Waals surface area contributed by atoms with Crippen LogP contribution >= 0.6 is 0 Å². The maximum atomic E-state index is 10.1. The minimum absolute atomic E-state index is 0.314. The zero-order chi connectivity index (χ0) is 13.2. The van der Waals surface area contributed by atoms with Crippen LogP contribution in [0.15, 0.2) is 12.1 Å². The van der Waals surface area contributed by atoms with Gasteiger partial charge >= 0.3 is 0 Å². The first-order valence-corrected chi connectivity index (χ1v) is 6.23. The van der Waals surface area contributed by atoms with Gasteiger partial charge in [-0.05, 0) is 64.2 Å². The number of aliphatic hydroxyl groups excluding tert-OH is 1. The molecule has 0 radical (unpaired) electrons. The molecule has 3 N–H and O–H groups in total. The first-order valence-electron chi connectivity index (χ1n) is 6.23. The van der Waals surface area contributed by atoms with Crippen molar-refractivity contribution in [3.05, 3.63) is 34.4 Å². The summed E-state index contributed by atoms with van der Waals surface area (Å²) in [5, 5.41) is 10.1. The molecule has 17 heavy (non-hydrogen) atoms. The molecule has 0 aliphatic rings. The monoisotopic (exact) mass is 235 g/mol. The number of nitrogens with two attached hydrogens (primary N) is 1. The molecule has 1 rings (SSSR count). The number of rotatable bonds is 4. The predicted molar refractivity (Wildman–Crippen MR) is 73.2 cm³/mol. The van der Waals surface area contributed by atoms with Crippen LogP contribution in [0.5, 0.6) is 0 Å². The number of aliphatic hydroxyl groups is 1. The van der Waals surface area contributed by atoms with Crippen molar-refractivity contribution in [3.63, 3.8) is 0 Å². The van der Waals surface area contributed by atoms with Gasteiger partial charge in [0.2, 0.25) is 0 Å². The molecule has 0 fully saturated rings. The van der Waals surface area contributed by atoms with Crippen LogP contribution in [0, 0.1) is 20.8 Å². The van der Waals surface area contributed by atoms with Gasteiger partial charge in [0.05, 0.1) is 6.10 Å². The molecule has 0 aromatic heterocycles. The molecule has 1 unspecified atom stereocenters. The van der Waals surface area contributed by atoms with E-state index in [-0.39, 0.29) is 11.6 Å². The topological polar surface area (TPSA) is 46.2 Å². The second-order valence-electron chi connectivity index (χ2n) is 5.93. The lowest BCUT2D eigenvalue weighted by atomic mass is 9.90. The Morgan fingerprint density at radius 2 is 1.65 bits per heavy atom. The summed E-state index contributed by atoms with van der Waals surface area (Å²) in [6.45, 7) is 10.2. The van der Waals surface area contributed by atoms with Gasteiger partial charge in [0.25, 0.3) is 0 Å². The molecule has 0 spiro atoms. The Labute approximate surface area is 105 Å². The third kappa shape index (κ3) is 4.49. The van der Waals surface area contributed by atoms with E-state index in [1.807, 2.05) is 13.8 Å². The lowest BCUT2D eigenvalue weighted by Gasteiger charge is -2.23. The van der Waals surface area contributed by atoms with Gasteiger partial charge in [0.1, 0.15) is 0 Å². The van der Waals surface area contributed by atoms with Crippen molar-refractivity contribution in [2.75, 3.05) is 0 Å². The van der Waals surface area contributed by atoms with E-state index in [1.165, 1.54) is 22.3 Å². The maximum absolute atomic E-state index is 10.1. The van der Waals surface area contributed by atoms with E-state index < -0.39 is 0 Å². The lowest BCUT2D eigenvalue weighted by Crippen LogP contribution is -2.37. The Balaban J connectivity index is 2.82. The number of hydrogen-bond donors (Lipinski definition) is 2. The minimum atomic E-state index is -0.366. The van der Waals surface area contributed by atoms with Crippen molar-refractivity contribution < 1.29 is 5.11 Å². The highest BCUT2D eigenvalue weighted by atomic mass is 16.3. The third-order valence-electron chi connectivity index (χ3n) is 3.04. The van der Waals surface area contributed by atoms with E-state index in [1.54, 1.807) is 0 Å². The van der Waals surface area contributed by atoms with Crippen molar-refractivity contribution in [2.24, 2.45) is 5.73 Å². The summed E-state index contributed by atoms with van der Waals surface area (Å²) in [5.74, 6) is 0. The standard InChI is InChI=1S/C15H25NO/c1-10-6-11(2)14(12(3)7-10)8-13(17)9-15(4,5)16/h6-7,13,17H,8-9,16H2,1-5H3. The van der Waals surface area contributed by atoms with Crippen LogP contribution in [0.2, 0.25) is 0 Å². The summed E-state index contributed by atoms with van der Waals surface area (Å²) >= 11 is 0. The van der Waals surface area contributed by atoms with Gasteiger partial charge in [0.15, 0.2) is 0 Å². The molecule has 0 heterocycles. The second-order valence-corrected chi connectivity index (χ2v) is 5.93. The zero-order valence-corrected chi connectivity index (χ0v) is 11.7. The van der Waals surface area contributed by atoms with Crippen LogP contribution in [0.1, 0.15) is 42.5 Å². The summed E-state index contributed by atoms with van der Waals surface area (Å²) in [7, 11) is 0. The van der Waals surface area contributed by atoms with E-state index in [0.29, 0.717) is 12.8 Å². The molecule has 0 bridgehead atoms. The van der Waals surface area contributed by atoms with Crippen LogP contribution in [-0.2, 0) is 6.42 Å². The zero-order valence-electron chi connectivity index (χ0n) is 11.7. The van der Waals surface area contributed by atoms with Gasteiger partial charge < -0.3 is 10.8 Å². The van der Waals surface area contributed by atoms with Crippen LogP contribution in [0.25, 0.3) is 0 Å². The highest BCUT2D eigenvalue weighted by Crippen LogP contribution is 2.20. The van der Waals surface area contributed by atoms with Gasteiger partial charge in [-0.2, -0.15) is 0 Å². The van der Waals surface area contributed by atoms with E-state index >= 15 is 0 Å². The number of benzene rings is 1. The van der Waals surface area contributed by atoms with Gasteiger partial charge in [-0.1, -0.05) is 17.7 Å². The van der Waals surface area contributed by atoms with Crippen LogP contribution in [-0.4, -0.2) is 16.7 Å². The number of hydrogen-bond acceptors (Lipinski definition) is 2. The molecule has 2 heteroatoms. The van der Waals surface area contributed by atoms with Gasteiger partial charge in [-0.25, -0.2) is 0 Å². The normalized spacial score (nSPS) is 13.8. The Morgan fingerprint density at radius 3 is 2.06 bits per heavy atom. The summed E-state index contributed by atoms with van der Waals surface area (Å²) in [6, 6.07) is 4.34. The molecular weight excluding hydrogens is 210 g/mol. The van der Waals surface area contributed by atoms with Crippen molar-refractivity contribution in [1.29, 1.82) is 0 Å². The quantitative estimate of drug-likeness (QED) is 0.842. The van der Waals surface area contributed by atoms with Crippen LogP contribution < -0.4 is 5.73 Å². The van der Waals surface area contributed by atoms with Crippen molar-refractivity contribution >= 4 is 0 Å². The predicted octanol–water partition coefficient (Wildman–Crippen LogP) is 2.64. The smallest absolute Gasteiger partial charge is 0.0598 e. The van der Waals surface area contributed by atoms with E-state index in [9.17, 15) is 5.11 Å². The fourth-order valence-corrected chi connectivity index (χ4v) is 2.45. The molecule has 0 amide bonds. The summed E-state index contributed by atoms with van der Waals surface area (Å²) in [5.41, 5.74) is 10.7. The fraction of sp³-hybridized carbons (Fsp3) is 0.600. The van der Waals surface area contributed by atoms with Gasteiger partial charge in [0, 0.05) is 5.54 Å². The average Bonchev–Trinajstić information content (AvgIpc) is 2.08. The average molecular weight is 235 g/mol. The Hall–Kier alpha value is -0.860. The van der Waals surface area contributed by atoms with E-state index in [2.05, 4.69) is 32.9 Å². The Morgan fingerprint density at radius 1 is 1.18 bits per heavy atom. The molecule has 0 saturated carbocycles. The Kier molecular flexibility index (Phi) is 4.34. The minimum Gasteiger partial charge on any atom is -0.393 e. The van der Waals surface area contributed by atoms with E-state index in [4.69, 9.17) is 5.73 Å². The second kappa shape index (κ2) is 5.19. The summed E-state index contributed by atoms with van der Waals surface area (Å²) in [4.78, 5) is 0. The number of aryl methyl sites for hydroxylation is 3. The molecule has 1 aromatic carbocycles. The molecule has 0 aliphatic carbocycles. The van der Waals surface area contributed by atoms with E-state index in [0.717, 1.165) is 0 Å². The summed E-state index contributed by atoms with van der Waals surface area (Å²) < 4.78 is 0. The van der Waals surface area contributed by atoms with Gasteiger partial charge in [-0.3, -0.25) is 0 Å². The highest BCUT2D eigenvalue weighted by molar-refractivity contribution is 5.37. The molecule has 0 aliphatic heterocycles. The fourth-order valence-electron chi connectivity index (χ4n) is 2.45. The maximum Gasteiger partial charge on any atom is 0.0598 e. The molecule has 0 saturated heterocycles. The van der Waals surface area contributed by atoms with Crippen molar-refractivity contribution in [3.8, 4) is 0 Å². The summed E-state index contributed by atoms with van der Waals surface area (Å²) in [6.07, 6.45) is 0.952. The van der Waals surface area contributed by atoms with Crippen molar-refractivity contribution in [2.45, 2.75) is 59.1 Å². The lowest BCUT2D eigenvalue weighted by molar-refractivity contribution is 0.140. The first-order chi connectivity index (χ1) is 7.69. The largest absolute Gasteiger partial charge is 0.393 e. The SMILES string of the molecule is Cc1cc(C)c(CC(O)CC(C)(C)N)c(C)c1. The van der Waals surface area contributed by atoms with Crippen molar-refractivity contribution in [1.82, 2.24) is 0 Å².